The summed E-state index contributed by atoms with van der Waals surface area (Å²) in [6.07, 6.45) is 7.08. The molecular formula is C18H26ClN. The van der Waals surface area contributed by atoms with Crippen molar-refractivity contribution >= 4 is 11.6 Å². The molecule has 0 amide bonds. The van der Waals surface area contributed by atoms with E-state index in [0.717, 1.165) is 24.0 Å². The van der Waals surface area contributed by atoms with Crippen LogP contribution in [0.25, 0.3) is 0 Å². The molecule has 110 valence electrons. The van der Waals surface area contributed by atoms with Crippen LogP contribution in [0.15, 0.2) is 24.3 Å². The van der Waals surface area contributed by atoms with Crippen LogP contribution in [-0.2, 0) is 5.41 Å². The van der Waals surface area contributed by atoms with Crippen LogP contribution in [-0.4, -0.2) is 13.1 Å². The molecule has 0 aromatic heterocycles. The summed E-state index contributed by atoms with van der Waals surface area (Å²) in [5.74, 6) is 0.718. The fraction of sp³-hybridized carbons (Fsp3) is 0.667. The predicted octanol–water partition coefficient (Wildman–Crippen LogP) is 4.79. The van der Waals surface area contributed by atoms with Crippen LogP contribution in [0.2, 0.25) is 5.02 Å². The summed E-state index contributed by atoms with van der Waals surface area (Å²) in [7, 11) is 0. The van der Waals surface area contributed by atoms with Gasteiger partial charge in [-0.1, -0.05) is 44.0 Å². The second-order valence-corrected chi connectivity index (χ2v) is 7.96. The first-order chi connectivity index (χ1) is 9.54. The Balaban J connectivity index is 1.72. The fourth-order valence-corrected chi connectivity index (χ4v) is 4.37. The van der Waals surface area contributed by atoms with Gasteiger partial charge in [-0.3, -0.25) is 0 Å². The maximum atomic E-state index is 6.05. The smallest absolute Gasteiger partial charge is 0.0406 e. The van der Waals surface area contributed by atoms with Crippen molar-refractivity contribution in [2.24, 2.45) is 11.3 Å². The van der Waals surface area contributed by atoms with E-state index < -0.39 is 0 Å². The van der Waals surface area contributed by atoms with E-state index in [1.807, 2.05) is 12.1 Å². The van der Waals surface area contributed by atoms with E-state index in [4.69, 9.17) is 11.6 Å². The molecule has 2 aliphatic carbocycles. The summed E-state index contributed by atoms with van der Waals surface area (Å²) in [6.45, 7) is 6.78. The Labute approximate surface area is 128 Å². The zero-order chi connectivity index (χ0) is 14.2. The molecule has 0 heterocycles. The monoisotopic (exact) mass is 291 g/mol. The Bertz CT molecular complexity index is 451. The number of hydrogen-bond acceptors (Lipinski definition) is 1. The maximum Gasteiger partial charge on any atom is 0.0406 e. The summed E-state index contributed by atoms with van der Waals surface area (Å²) >= 11 is 6.05. The van der Waals surface area contributed by atoms with E-state index >= 15 is 0 Å². The molecule has 1 aromatic rings. The second-order valence-electron chi connectivity index (χ2n) is 7.52. The number of rotatable bonds is 5. The lowest BCUT2D eigenvalue weighted by Crippen LogP contribution is -2.57. The van der Waals surface area contributed by atoms with Gasteiger partial charge in [-0.15, -0.1) is 0 Å². The molecule has 0 aliphatic heterocycles. The Morgan fingerprint density at radius 2 is 1.80 bits per heavy atom. The Kier molecular flexibility index (Phi) is 3.85. The van der Waals surface area contributed by atoms with E-state index in [0.29, 0.717) is 10.8 Å². The van der Waals surface area contributed by atoms with Crippen molar-refractivity contribution in [1.82, 2.24) is 5.32 Å². The molecule has 1 aromatic carbocycles. The van der Waals surface area contributed by atoms with Crippen LogP contribution in [0.5, 0.6) is 0 Å². The van der Waals surface area contributed by atoms with Crippen LogP contribution in [0, 0.1) is 11.3 Å². The highest BCUT2D eigenvalue weighted by Gasteiger charge is 2.57. The summed E-state index contributed by atoms with van der Waals surface area (Å²) in [5, 5.41) is 4.54. The lowest BCUT2D eigenvalue weighted by molar-refractivity contribution is -0.0484. The highest BCUT2D eigenvalue weighted by molar-refractivity contribution is 6.30. The molecule has 0 saturated heterocycles. The van der Waals surface area contributed by atoms with Crippen molar-refractivity contribution in [2.45, 2.75) is 51.4 Å². The van der Waals surface area contributed by atoms with Crippen LogP contribution < -0.4 is 5.32 Å². The van der Waals surface area contributed by atoms with E-state index in [2.05, 4.69) is 31.3 Å². The fourth-order valence-electron chi connectivity index (χ4n) is 4.25. The minimum Gasteiger partial charge on any atom is -0.316 e. The molecule has 2 saturated carbocycles. The molecule has 0 radical (unpaired) electrons. The topological polar surface area (TPSA) is 12.0 Å². The minimum atomic E-state index is 0.361. The molecule has 20 heavy (non-hydrogen) atoms. The molecule has 0 bridgehead atoms. The number of hydrogen-bond donors (Lipinski definition) is 1. The standard InChI is InChI=1S/C18H26ClN/c1-14(2)10-20-13-18(11-17(12-18)8-3-9-17)15-4-6-16(19)7-5-15/h4-7,14,20H,3,8-13H2,1-2H3. The molecule has 2 fully saturated rings. The Morgan fingerprint density at radius 3 is 2.30 bits per heavy atom. The lowest BCUT2D eigenvalue weighted by Gasteiger charge is -2.62. The van der Waals surface area contributed by atoms with Gasteiger partial charge in [0.2, 0.25) is 0 Å². The lowest BCUT2D eigenvalue weighted by atomic mass is 9.43. The van der Waals surface area contributed by atoms with Crippen LogP contribution in [0.4, 0.5) is 0 Å². The zero-order valence-electron chi connectivity index (χ0n) is 12.7. The van der Waals surface area contributed by atoms with Crippen molar-refractivity contribution in [1.29, 1.82) is 0 Å². The Hall–Kier alpha value is -0.530. The van der Waals surface area contributed by atoms with E-state index in [-0.39, 0.29) is 0 Å². The quantitative estimate of drug-likeness (QED) is 0.822. The average Bonchev–Trinajstić information content (AvgIpc) is 2.31. The van der Waals surface area contributed by atoms with Crippen LogP contribution in [0.3, 0.4) is 0 Å². The van der Waals surface area contributed by atoms with Gasteiger partial charge in [-0.25, -0.2) is 0 Å². The highest BCUT2D eigenvalue weighted by atomic mass is 35.5. The van der Waals surface area contributed by atoms with Gasteiger partial charge in [-0.2, -0.15) is 0 Å². The molecule has 3 rings (SSSR count). The molecule has 0 unspecified atom stereocenters. The first-order valence-corrected chi connectivity index (χ1v) is 8.38. The predicted molar refractivity (Wildman–Crippen MR) is 86.4 cm³/mol. The SMILES string of the molecule is CC(C)CNCC1(c2ccc(Cl)cc2)CC2(CCC2)C1. The normalized spacial score (nSPS) is 22.6. The summed E-state index contributed by atoms with van der Waals surface area (Å²) in [4.78, 5) is 0. The van der Waals surface area contributed by atoms with Gasteiger partial charge in [0.05, 0.1) is 0 Å². The highest BCUT2D eigenvalue weighted by Crippen LogP contribution is 2.64. The Morgan fingerprint density at radius 1 is 1.15 bits per heavy atom. The van der Waals surface area contributed by atoms with Crippen molar-refractivity contribution in [2.75, 3.05) is 13.1 Å². The minimum absolute atomic E-state index is 0.361. The molecule has 0 atom stereocenters. The van der Waals surface area contributed by atoms with Gasteiger partial charge < -0.3 is 5.32 Å². The maximum absolute atomic E-state index is 6.05. The third-order valence-corrected chi connectivity index (χ3v) is 5.57. The molecule has 2 aliphatic rings. The second kappa shape index (κ2) is 5.35. The summed E-state index contributed by atoms with van der Waals surface area (Å²) in [5.41, 5.74) is 2.54. The third kappa shape index (κ3) is 2.63. The van der Waals surface area contributed by atoms with Crippen molar-refractivity contribution in [3.8, 4) is 0 Å². The summed E-state index contributed by atoms with van der Waals surface area (Å²) in [6, 6.07) is 8.58. The van der Waals surface area contributed by atoms with E-state index in [1.165, 1.54) is 37.7 Å². The third-order valence-electron chi connectivity index (χ3n) is 5.31. The van der Waals surface area contributed by atoms with Crippen LogP contribution in [0.1, 0.15) is 51.5 Å². The van der Waals surface area contributed by atoms with Gasteiger partial charge in [0.1, 0.15) is 0 Å². The zero-order valence-corrected chi connectivity index (χ0v) is 13.5. The van der Waals surface area contributed by atoms with Crippen molar-refractivity contribution < 1.29 is 0 Å². The average molecular weight is 292 g/mol. The number of nitrogens with one attached hydrogen (secondary N) is 1. The summed E-state index contributed by atoms with van der Waals surface area (Å²) < 4.78 is 0. The first kappa shape index (κ1) is 14.4. The molecule has 1 spiro atoms. The number of halogens is 1. The van der Waals surface area contributed by atoms with Gasteiger partial charge >= 0.3 is 0 Å². The first-order valence-electron chi connectivity index (χ1n) is 8.01. The molecular weight excluding hydrogens is 266 g/mol. The van der Waals surface area contributed by atoms with Crippen molar-refractivity contribution in [3.05, 3.63) is 34.9 Å². The van der Waals surface area contributed by atoms with E-state index in [1.54, 1.807) is 0 Å². The number of benzene rings is 1. The van der Waals surface area contributed by atoms with Gasteiger partial charge in [0.15, 0.2) is 0 Å². The van der Waals surface area contributed by atoms with Crippen LogP contribution >= 0.6 is 11.6 Å². The van der Waals surface area contributed by atoms with E-state index in [9.17, 15) is 0 Å². The largest absolute Gasteiger partial charge is 0.316 e. The molecule has 1 nitrogen and oxygen atoms in total. The van der Waals surface area contributed by atoms with Gasteiger partial charge in [0.25, 0.3) is 0 Å². The van der Waals surface area contributed by atoms with Gasteiger partial charge in [-0.05, 0) is 61.3 Å². The van der Waals surface area contributed by atoms with Crippen molar-refractivity contribution in [3.63, 3.8) is 0 Å². The van der Waals surface area contributed by atoms with Gasteiger partial charge in [0, 0.05) is 17.0 Å². The molecule has 2 heteroatoms. The molecule has 1 N–H and O–H groups in total.